The molecular formula is C14H13ClN2O2S. The lowest BCUT2D eigenvalue weighted by atomic mass is 10.0. The topological polar surface area (TPSA) is 53.4 Å². The van der Waals surface area contributed by atoms with E-state index in [9.17, 15) is 4.79 Å². The van der Waals surface area contributed by atoms with Crippen molar-refractivity contribution in [3.05, 3.63) is 40.4 Å². The molecule has 4 nitrogen and oxygen atoms in total. The van der Waals surface area contributed by atoms with Crippen molar-refractivity contribution in [1.29, 1.82) is 0 Å². The van der Waals surface area contributed by atoms with Crippen LogP contribution in [0, 0.1) is 5.92 Å². The van der Waals surface area contributed by atoms with Crippen molar-refractivity contribution >= 4 is 28.9 Å². The van der Waals surface area contributed by atoms with Crippen molar-refractivity contribution in [1.82, 2.24) is 9.88 Å². The molecule has 20 heavy (non-hydrogen) atoms. The number of aromatic nitrogens is 1. The van der Waals surface area contributed by atoms with E-state index >= 15 is 0 Å². The maximum atomic E-state index is 10.7. The van der Waals surface area contributed by atoms with Crippen LogP contribution in [0.3, 0.4) is 0 Å². The Hall–Kier alpha value is -1.43. The molecule has 0 bridgehead atoms. The molecule has 1 aromatic heterocycles. The second-order valence-corrected chi connectivity index (χ2v) is 6.42. The molecular weight excluding hydrogens is 296 g/mol. The molecule has 1 saturated heterocycles. The molecule has 1 N–H and O–H groups in total. The van der Waals surface area contributed by atoms with E-state index in [2.05, 4.69) is 9.88 Å². The molecule has 1 aromatic carbocycles. The van der Waals surface area contributed by atoms with E-state index in [0.29, 0.717) is 18.1 Å². The van der Waals surface area contributed by atoms with Crippen LogP contribution in [-0.2, 0) is 11.3 Å². The first-order valence-corrected chi connectivity index (χ1v) is 7.47. The number of carboxylic acids is 1. The minimum Gasteiger partial charge on any atom is -0.481 e. The number of carbonyl (C=O) groups is 1. The Labute approximate surface area is 125 Å². The highest BCUT2D eigenvalue weighted by Crippen LogP contribution is 2.28. The normalized spacial score (nSPS) is 16.1. The van der Waals surface area contributed by atoms with Crippen LogP contribution >= 0.6 is 22.9 Å². The van der Waals surface area contributed by atoms with Crippen LogP contribution in [0.4, 0.5) is 0 Å². The van der Waals surface area contributed by atoms with Crippen LogP contribution in [-0.4, -0.2) is 34.0 Å². The summed E-state index contributed by atoms with van der Waals surface area (Å²) in [6.45, 7) is 2.03. The van der Waals surface area contributed by atoms with Gasteiger partial charge >= 0.3 is 5.97 Å². The second-order valence-electron chi connectivity index (χ2n) is 4.87. The van der Waals surface area contributed by atoms with Gasteiger partial charge in [-0.15, -0.1) is 11.3 Å². The number of carboxylic acid groups (broad SMARTS) is 1. The predicted molar refractivity (Wildman–Crippen MR) is 79.0 cm³/mol. The molecule has 2 aromatic rings. The number of nitrogens with zero attached hydrogens (tertiary/aromatic N) is 2. The molecule has 1 fully saturated rings. The van der Waals surface area contributed by atoms with E-state index in [4.69, 9.17) is 16.7 Å². The summed E-state index contributed by atoms with van der Waals surface area (Å²) in [6.07, 6.45) is 1.86. The highest BCUT2D eigenvalue weighted by atomic mass is 35.5. The van der Waals surface area contributed by atoms with Gasteiger partial charge in [-0.2, -0.15) is 0 Å². The van der Waals surface area contributed by atoms with Gasteiger partial charge in [0.2, 0.25) is 0 Å². The van der Waals surface area contributed by atoms with Crippen LogP contribution < -0.4 is 0 Å². The average molecular weight is 309 g/mol. The standard InChI is InChI=1S/C14H13ClN2O2S/c15-11-3-1-9(2-4-11)13-16-5-12(20-13)8-17-6-10(7-17)14(18)19/h1-5,10H,6-8H2,(H,18,19). The number of aliphatic carboxylic acids is 1. The van der Waals surface area contributed by atoms with Crippen molar-refractivity contribution in [3.8, 4) is 10.6 Å². The molecule has 0 saturated carbocycles. The highest BCUT2D eigenvalue weighted by Gasteiger charge is 2.32. The minimum atomic E-state index is -0.701. The maximum Gasteiger partial charge on any atom is 0.309 e. The largest absolute Gasteiger partial charge is 0.481 e. The Morgan fingerprint density at radius 1 is 1.40 bits per heavy atom. The van der Waals surface area contributed by atoms with Crippen LogP contribution in [0.5, 0.6) is 0 Å². The van der Waals surface area contributed by atoms with Crippen molar-refractivity contribution in [2.24, 2.45) is 5.92 Å². The third kappa shape index (κ3) is 2.85. The number of halogens is 1. The molecule has 6 heteroatoms. The molecule has 1 aliphatic heterocycles. The number of rotatable bonds is 4. The summed E-state index contributed by atoms with van der Waals surface area (Å²) >= 11 is 7.50. The van der Waals surface area contributed by atoms with Gasteiger partial charge in [-0.3, -0.25) is 9.69 Å². The first-order valence-electron chi connectivity index (χ1n) is 6.27. The third-order valence-electron chi connectivity index (χ3n) is 3.33. The van der Waals surface area contributed by atoms with Gasteiger partial charge < -0.3 is 5.11 Å². The van der Waals surface area contributed by atoms with Crippen molar-refractivity contribution in [3.63, 3.8) is 0 Å². The lowest BCUT2D eigenvalue weighted by Gasteiger charge is -2.36. The van der Waals surface area contributed by atoms with Gasteiger partial charge in [0.1, 0.15) is 5.01 Å². The summed E-state index contributed by atoms with van der Waals surface area (Å²) in [4.78, 5) is 18.4. The predicted octanol–water partition coefficient (Wildman–Crippen LogP) is 2.98. The minimum absolute atomic E-state index is 0.210. The van der Waals surface area contributed by atoms with E-state index in [-0.39, 0.29) is 5.92 Å². The first-order chi connectivity index (χ1) is 9.61. The summed E-state index contributed by atoms with van der Waals surface area (Å²) in [5.74, 6) is -0.911. The molecule has 0 amide bonds. The van der Waals surface area contributed by atoms with E-state index in [1.54, 1.807) is 11.3 Å². The number of hydrogen-bond acceptors (Lipinski definition) is 4. The summed E-state index contributed by atoms with van der Waals surface area (Å²) in [5.41, 5.74) is 1.05. The Bertz CT molecular complexity index is 620. The third-order valence-corrected chi connectivity index (χ3v) is 4.61. The molecule has 0 spiro atoms. The van der Waals surface area contributed by atoms with E-state index in [1.165, 1.54) is 0 Å². The fourth-order valence-electron chi connectivity index (χ4n) is 2.18. The van der Waals surface area contributed by atoms with Gasteiger partial charge in [0.25, 0.3) is 0 Å². The van der Waals surface area contributed by atoms with Crippen LogP contribution in [0.25, 0.3) is 10.6 Å². The van der Waals surface area contributed by atoms with Gasteiger partial charge in [-0.05, 0) is 12.1 Å². The monoisotopic (exact) mass is 308 g/mol. The van der Waals surface area contributed by atoms with Crippen LogP contribution in [0.15, 0.2) is 30.5 Å². The van der Waals surface area contributed by atoms with Gasteiger partial charge in [0, 0.05) is 41.3 Å². The number of likely N-dealkylation sites (tertiary alicyclic amines) is 1. The summed E-state index contributed by atoms with van der Waals surface area (Å²) in [5, 5.41) is 10.5. The van der Waals surface area contributed by atoms with Crippen LogP contribution in [0.2, 0.25) is 5.02 Å². The fourth-order valence-corrected chi connectivity index (χ4v) is 3.27. The van der Waals surface area contributed by atoms with E-state index < -0.39 is 5.97 Å². The van der Waals surface area contributed by atoms with Gasteiger partial charge in [-0.1, -0.05) is 23.7 Å². The van der Waals surface area contributed by atoms with Crippen molar-refractivity contribution in [2.75, 3.05) is 13.1 Å². The van der Waals surface area contributed by atoms with E-state index in [0.717, 1.165) is 22.0 Å². The Kier molecular flexibility index (Phi) is 3.74. The zero-order valence-electron chi connectivity index (χ0n) is 10.6. The number of benzene rings is 1. The van der Waals surface area contributed by atoms with Crippen LogP contribution in [0.1, 0.15) is 4.88 Å². The molecule has 0 radical (unpaired) electrons. The fraction of sp³-hybridized carbons (Fsp3) is 0.286. The molecule has 3 rings (SSSR count). The van der Waals surface area contributed by atoms with Crippen molar-refractivity contribution in [2.45, 2.75) is 6.54 Å². The average Bonchev–Trinajstić information content (AvgIpc) is 2.82. The molecule has 104 valence electrons. The number of thiazole rings is 1. The van der Waals surface area contributed by atoms with Crippen molar-refractivity contribution < 1.29 is 9.90 Å². The molecule has 2 heterocycles. The summed E-state index contributed by atoms with van der Waals surface area (Å²) in [7, 11) is 0. The quantitative estimate of drug-likeness (QED) is 0.943. The Morgan fingerprint density at radius 2 is 2.10 bits per heavy atom. The Morgan fingerprint density at radius 3 is 2.75 bits per heavy atom. The smallest absolute Gasteiger partial charge is 0.309 e. The Balaban J connectivity index is 1.63. The molecule has 0 unspecified atom stereocenters. The highest BCUT2D eigenvalue weighted by molar-refractivity contribution is 7.15. The molecule has 0 aliphatic carbocycles. The first kappa shape index (κ1) is 13.5. The zero-order valence-corrected chi connectivity index (χ0v) is 12.2. The summed E-state index contributed by atoms with van der Waals surface area (Å²) in [6, 6.07) is 7.61. The zero-order chi connectivity index (χ0) is 14.1. The number of hydrogen-bond donors (Lipinski definition) is 1. The lowest BCUT2D eigenvalue weighted by Crippen LogP contribution is -2.49. The second kappa shape index (κ2) is 5.52. The lowest BCUT2D eigenvalue weighted by molar-refractivity contribution is -0.147. The molecule has 0 atom stereocenters. The van der Waals surface area contributed by atoms with Gasteiger partial charge in [0.05, 0.1) is 5.92 Å². The van der Waals surface area contributed by atoms with Gasteiger partial charge in [-0.25, -0.2) is 4.98 Å². The van der Waals surface area contributed by atoms with Gasteiger partial charge in [0.15, 0.2) is 0 Å². The maximum absolute atomic E-state index is 10.7. The van der Waals surface area contributed by atoms with E-state index in [1.807, 2.05) is 30.5 Å². The SMILES string of the molecule is O=C(O)C1CN(Cc2cnc(-c3ccc(Cl)cc3)s2)C1. The summed E-state index contributed by atoms with van der Waals surface area (Å²) < 4.78 is 0. The molecule has 1 aliphatic rings.